The lowest BCUT2D eigenvalue weighted by molar-refractivity contribution is -0.127. The van der Waals surface area contributed by atoms with Crippen LogP contribution in [-0.4, -0.2) is 23.3 Å². The number of hydrogen-bond donors (Lipinski definition) is 2. The van der Waals surface area contributed by atoms with Crippen LogP contribution in [-0.2, 0) is 4.79 Å². The van der Waals surface area contributed by atoms with Gasteiger partial charge in [0.05, 0.1) is 6.21 Å². The molecule has 0 fully saturated rings. The molecule has 5 nitrogen and oxygen atoms in total. The van der Waals surface area contributed by atoms with Crippen molar-refractivity contribution in [2.75, 3.05) is 0 Å². The van der Waals surface area contributed by atoms with E-state index in [9.17, 15) is 9.90 Å². The lowest BCUT2D eigenvalue weighted by Gasteiger charge is -2.12. The Kier molecular flexibility index (Phi) is 5.55. The van der Waals surface area contributed by atoms with Crippen molar-refractivity contribution in [3.63, 3.8) is 0 Å². The van der Waals surface area contributed by atoms with Crippen LogP contribution in [0.15, 0.2) is 58.1 Å². The van der Waals surface area contributed by atoms with E-state index in [0.717, 1.165) is 4.47 Å². The highest BCUT2D eigenvalue weighted by Crippen LogP contribution is 2.17. The van der Waals surface area contributed by atoms with Gasteiger partial charge in [0.25, 0.3) is 5.91 Å². The average molecular weight is 363 g/mol. The second-order valence-corrected chi connectivity index (χ2v) is 5.42. The summed E-state index contributed by atoms with van der Waals surface area (Å²) in [4.78, 5) is 11.9. The van der Waals surface area contributed by atoms with Gasteiger partial charge in [-0.25, -0.2) is 5.43 Å². The second kappa shape index (κ2) is 7.61. The molecule has 0 aliphatic rings. The minimum absolute atomic E-state index is 0.0969. The molecule has 0 bridgehead atoms. The normalized spacial score (nSPS) is 12.1. The first-order valence-electron chi connectivity index (χ1n) is 6.59. The Balaban J connectivity index is 1.89. The Morgan fingerprint density at radius 3 is 2.64 bits per heavy atom. The van der Waals surface area contributed by atoms with Crippen molar-refractivity contribution in [3.05, 3.63) is 58.6 Å². The number of nitrogens with one attached hydrogen (secondary N) is 1. The number of carbonyl (C=O) groups is 1. The summed E-state index contributed by atoms with van der Waals surface area (Å²) < 4.78 is 6.44. The zero-order chi connectivity index (χ0) is 15.9. The molecule has 22 heavy (non-hydrogen) atoms. The molecule has 2 rings (SSSR count). The van der Waals surface area contributed by atoms with Crippen LogP contribution in [0.2, 0.25) is 0 Å². The predicted molar refractivity (Wildman–Crippen MR) is 88.1 cm³/mol. The maximum Gasteiger partial charge on any atom is 0.280 e. The summed E-state index contributed by atoms with van der Waals surface area (Å²) in [5.74, 6) is 0.310. The van der Waals surface area contributed by atoms with E-state index >= 15 is 0 Å². The standard InChI is InChI=1S/C16H15BrN2O3/c1-11(22-14-8-6-13(17)7-9-14)16(21)19-18-10-12-4-2-3-5-15(12)20/h2-11,20H,1H3,(H,19,21)/b18-10-/t11-/m0/s1. The van der Waals surface area contributed by atoms with E-state index in [1.165, 1.54) is 6.21 Å². The summed E-state index contributed by atoms with van der Waals surface area (Å²) in [6, 6.07) is 13.9. The van der Waals surface area contributed by atoms with Gasteiger partial charge >= 0.3 is 0 Å². The molecule has 2 aromatic rings. The van der Waals surface area contributed by atoms with Crippen LogP contribution in [0.1, 0.15) is 12.5 Å². The van der Waals surface area contributed by atoms with Crippen molar-refractivity contribution in [1.82, 2.24) is 5.43 Å². The number of benzene rings is 2. The number of halogens is 1. The molecule has 0 saturated carbocycles. The second-order valence-electron chi connectivity index (χ2n) is 4.51. The molecule has 0 aliphatic carbocycles. The molecular weight excluding hydrogens is 348 g/mol. The number of para-hydroxylation sites is 1. The predicted octanol–water partition coefficient (Wildman–Crippen LogP) is 3.07. The molecule has 0 aliphatic heterocycles. The zero-order valence-electron chi connectivity index (χ0n) is 11.9. The van der Waals surface area contributed by atoms with Crippen LogP contribution in [0.4, 0.5) is 0 Å². The number of phenolic OH excluding ortho intramolecular Hbond substituents is 1. The van der Waals surface area contributed by atoms with Gasteiger partial charge in [-0.2, -0.15) is 5.10 Å². The summed E-state index contributed by atoms with van der Waals surface area (Å²) in [5.41, 5.74) is 2.89. The number of phenols is 1. The Bertz CT molecular complexity index is 671. The summed E-state index contributed by atoms with van der Waals surface area (Å²) in [6.45, 7) is 1.63. The molecule has 0 spiro atoms. The van der Waals surface area contributed by atoms with Crippen LogP contribution < -0.4 is 10.2 Å². The van der Waals surface area contributed by atoms with E-state index in [2.05, 4.69) is 26.5 Å². The molecule has 6 heteroatoms. The first kappa shape index (κ1) is 16.0. The van der Waals surface area contributed by atoms with Crippen LogP contribution in [0.25, 0.3) is 0 Å². The molecule has 1 amide bonds. The molecular formula is C16H15BrN2O3. The van der Waals surface area contributed by atoms with Gasteiger partial charge in [0, 0.05) is 10.0 Å². The highest BCUT2D eigenvalue weighted by molar-refractivity contribution is 9.10. The number of ether oxygens (including phenoxy) is 1. The van der Waals surface area contributed by atoms with Crippen LogP contribution in [0, 0.1) is 0 Å². The molecule has 114 valence electrons. The number of hydrazone groups is 1. The van der Waals surface area contributed by atoms with Crippen molar-refractivity contribution in [3.8, 4) is 11.5 Å². The van der Waals surface area contributed by atoms with Gasteiger partial charge in [-0.15, -0.1) is 0 Å². The topological polar surface area (TPSA) is 70.9 Å². The van der Waals surface area contributed by atoms with Gasteiger partial charge in [0.15, 0.2) is 6.10 Å². The highest BCUT2D eigenvalue weighted by Gasteiger charge is 2.13. The van der Waals surface area contributed by atoms with Crippen molar-refractivity contribution < 1.29 is 14.6 Å². The van der Waals surface area contributed by atoms with Gasteiger partial charge in [-0.3, -0.25) is 4.79 Å². The lowest BCUT2D eigenvalue weighted by Crippen LogP contribution is -2.33. The third-order valence-electron chi connectivity index (χ3n) is 2.81. The summed E-state index contributed by atoms with van der Waals surface area (Å²) in [5, 5.41) is 13.4. The molecule has 0 radical (unpaired) electrons. The molecule has 2 aromatic carbocycles. The maximum atomic E-state index is 11.9. The van der Waals surface area contributed by atoms with E-state index in [4.69, 9.17) is 4.74 Å². The number of amides is 1. The number of aromatic hydroxyl groups is 1. The van der Waals surface area contributed by atoms with Crippen molar-refractivity contribution in [2.24, 2.45) is 5.10 Å². The molecule has 2 N–H and O–H groups in total. The smallest absolute Gasteiger partial charge is 0.280 e. The minimum atomic E-state index is -0.692. The number of rotatable bonds is 5. The SMILES string of the molecule is C[C@H](Oc1ccc(Br)cc1)C(=O)N/N=C\c1ccccc1O. The Labute approximate surface area is 136 Å². The number of hydrogen-bond acceptors (Lipinski definition) is 4. The van der Waals surface area contributed by atoms with Crippen LogP contribution >= 0.6 is 15.9 Å². The van der Waals surface area contributed by atoms with Crippen molar-refractivity contribution in [2.45, 2.75) is 13.0 Å². The summed E-state index contributed by atoms with van der Waals surface area (Å²) in [6.07, 6.45) is 0.683. The quantitative estimate of drug-likeness (QED) is 0.634. The largest absolute Gasteiger partial charge is 0.507 e. The molecule has 0 aromatic heterocycles. The van der Waals surface area contributed by atoms with Crippen molar-refractivity contribution >= 4 is 28.1 Å². The van der Waals surface area contributed by atoms with Crippen LogP contribution in [0.3, 0.4) is 0 Å². The van der Waals surface area contributed by atoms with E-state index in [-0.39, 0.29) is 11.7 Å². The van der Waals surface area contributed by atoms with E-state index in [0.29, 0.717) is 11.3 Å². The number of nitrogens with zero attached hydrogens (tertiary/aromatic N) is 1. The fourth-order valence-corrected chi connectivity index (χ4v) is 1.89. The fourth-order valence-electron chi connectivity index (χ4n) is 1.62. The Morgan fingerprint density at radius 1 is 1.27 bits per heavy atom. The van der Waals surface area contributed by atoms with Gasteiger partial charge < -0.3 is 9.84 Å². The highest BCUT2D eigenvalue weighted by atomic mass is 79.9. The molecule has 0 unspecified atom stereocenters. The van der Waals surface area contributed by atoms with E-state index in [1.807, 2.05) is 12.1 Å². The third kappa shape index (κ3) is 4.60. The molecule has 1 atom stereocenters. The van der Waals surface area contributed by atoms with Gasteiger partial charge in [-0.1, -0.05) is 28.1 Å². The Morgan fingerprint density at radius 2 is 1.95 bits per heavy atom. The first-order valence-corrected chi connectivity index (χ1v) is 7.38. The first-order chi connectivity index (χ1) is 10.6. The molecule has 0 heterocycles. The van der Waals surface area contributed by atoms with E-state index in [1.54, 1.807) is 43.3 Å². The lowest BCUT2D eigenvalue weighted by atomic mass is 10.2. The third-order valence-corrected chi connectivity index (χ3v) is 3.34. The van der Waals surface area contributed by atoms with Gasteiger partial charge in [-0.05, 0) is 43.3 Å². The zero-order valence-corrected chi connectivity index (χ0v) is 13.4. The molecule has 0 saturated heterocycles. The maximum absolute atomic E-state index is 11.9. The van der Waals surface area contributed by atoms with Crippen molar-refractivity contribution in [1.29, 1.82) is 0 Å². The minimum Gasteiger partial charge on any atom is -0.507 e. The average Bonchev–Trinajstić information content (AvgIpc) is 2.51. The Hall–Kier alpha value is -2.34. The van der Waals surface area contributed by atoms with Crippen LogP contribution in [0.5, 0.6) is 11.5 Å². The summed E-state index contributed by atoms with van der Waals surface area (Å²) in [7, 11) is 0. The number of carbonyl (C=O) groups excluding carboxylic acids is 1. The fraction of sp³-hybridized carbons (Fsp3) is 0.125. The van der Waals surface area contributed by atoms with Gasteiger partial charge in [0.1, 0.15) is 11.5 Å². The monoisotopic (exact) mass is 362 g/mol. The van der Waals surface area contributed by atoms with Gasteiger partial charge in [0.2, 0.25) is 0 Å². The van der Waals surface area contributed by atoms with E-state index < -0.39 is 6.10 Å². The summed E-state index contributed by atoms with van der Waals surface area (Å²) >= 11 is 3.33.